The van der Waals surface area contributed by atoms with E-state index in [-0.39, 0.29) is 0 Å². The SMILES string of the molecule is Cn1ccnc1CCc1ncc[nH]1. The molecule has 0 saturated heterocycles. The standard InChI is InChI=1S/C9H12N4/c1-13-7-6-12-9(13)3-2-8-10-4-5-11-8/h4-7H,2-3H2,1H3,(H,10,11). The zero-order valence-electron chi connectivity index (χ0n) is 7.57. The molecule has 0 atom stereocenters. The lowest BCUT2D eigenvalue weighted by Gasteiger charge is -1.98. The molecule has 2 rings (SSSR count). The van der Waals surface area contributed by atoms with E-state index >= 15 is 0 Å². The average molecular weight is 176 g/mol. The van der Waals surface area contributed by atoms with E-state index in [9.17, 15) is 0 Å². The average Bonchev–Trinajstić information content (AvgIpc) is 2.72. The second-order valence-electron chi connectivity index (χ2n) is 2.99. The van der Waals surface area contributed by atoms with E-state index in [1.165, 1.54) is 0 Å². The second kappa shape index (κ2) is 3.43. The molecule has 4 nitrogen and oxygen atoms in total. The lowest BCUT2D eigenvalue weighted by molar-refractivity contribution is 0.754. The first-order chi connectivity index (χ1) is 6.36. The van der Waals surface area contributed by atoms with Crippen LogP contribution in [0.25, 0.3) is 0 Å². The van der Waals surface area contributed by atoms with Crippen molar-refractivity contribution < 1.29 is 0 Å². The molecule has 0 amide bonds. The van der Waals surface area contributed by atoms with E-state index in [0.717, 1.165) is 24.5 Å². The summed E-state index contributed by atoms with van der Waals surface area (Å²) in [6, 6.07) is 0. The van der Waals surface area contributed by atoms with Crippen molar-refractivity contribution in [2.24, 2.45) is 7.05 Å². The first kappa shape index (κ1) is 8.04. The minimum Gasteiger partial charge on any atom is -0.349 e. The van der Waals surface area contributed by atoms with Gasteiger partial charge in [-0.05, 0) is 0 Å². The third-order valence-corrected chi connectivity index (χ3v) is 2.06. The number of hydrogen-bond acceptors (Lipinski definition) is 2. The molecule has 1 N–H and O–H groups in total. The van der Waals surface area contributed by atoms with Crippen LogP contribution in [0.15, 0.2) is 24.8 Å². The normalized spacial score (nSPS) is 10.5. The van der Waals surface area contributed by atoms with Gasteiger partial charge < -0.3 is 9.55 Å². The van der Waals surface area contributed by atoms with Crippen LogP contribution in [-0.2, 0) is 19.9 Å². The fourth-order valence-corrected chi connectivity index (χ4v) is 1.30. The van der Waals surface area contributed by atoms with E-state index in [4.69, 9.17) is 0 Å². The molecule has 2 aromatic heterocycles. The van der Waals surface area contributed by atoms with Gasteiger partial charge in [0.05, 0.1) is 0 Å². The highest BCUT2D eigenvalue weighted by Gasteiger charge is 2.00. The van der Waals surface area contributed by atoms with Crippen LogP contribution in [0.2, 0.25) is 0 Å². The maximum atomic E-state index is 4.24. The minimum absolute atomic E-state index is 0.915. The van der Waals surface area contributed by atoms with Gasteiger partial charge in [-0.1, -0.05) is 0 Å². The largest absolute Gasteiger partial charge is 0.349 e. The minimum atomic E-state index is 0.915. The fraction of sp³-hybridized carbons (Fsp3) is 0.333. The zero-order chi connectivity index (χ0) is 9.10. The smallest absolute Gasteiger partial charge is 0.108 e. The van der Waals surface area contributed by atoms with Gasteiger partial charge in [0.1, 0.15) is 11.6 Å². The van der Waals surface area contributed by atoms with E-state index in [2.05, 4.69) is 15.0 Å². The van der Waals surface area contributed by atoms with Gasteiger partial charge in [0.2, 0.25) is 0 Å². The number of nitrogens with zero attached hydrogens (tertiary/aromatic N) is 3. The number of imidazole rings is 2. The van der Waals surface area contributed by atoms with E-state index in [1.807, 2.05) is 30.2 Å². The van der Waals surface area contributed by atoms with Gasteiger partial charge in [-0.3, -0.25) is 0 Å². The molecule has 13 heavy (non-hydrogen) atoms. The van der Waals surface area contributed by atoms with Crippen molar-refractivity contribution >= 4 is 0 Å². The van der Waals surface area contributed by atoms with Gasteiger partial charge in [-0.2, -0.15) is 0 Å². The molecular formula is C9H12N4. The van der Waals surface area contributed by atoms with Crippen LogP contribution >= 0.6 is 0 Å². The molecule has 0 bridgehead atoms. The lowest BCUT2D eigenvalue weighted by Crippen LogP contribution is -2.00. The third kappa shape index (κ3) is 1.77. The van der Waals surface area contributed by atoms with Crippen LogP contribution < -0.4 is 0 Å². The zero-order valence-corrected chi connectivity index (χ0v) is 7.57. The predicted molar refractivity (Wildman–Crippen MR) is 49.2 cm³/mol. The highest BCUT2D eigenvalue weighted by Crippen LogP contribution is 2.00. The molecule has 0 fully saturated rings. The number of aromatic nitrogens is 4. The van der Waals surface area contributed by atoms with Crippen molar-refractivity contribution in [1.82, 2.24) is 19.5 Å². The molecule has 0 aliphatic heterocycles. The Morgan fingerprint density at radius 3 is 2.85 bits per heavy atom. The Hall–Kier alpha value is -1.58. The van der Waals surface area contributed by atoms with Crippen molar-refractivity contribution in [1.29, 1.82) is 0 Å². The van der Waals surface area contributed by atoms with Gasteiger partial charge in [0.15, 0.2) is 0 Å². The summed E-state index contributed by atoms with van der Waals surface area (Å²) in [5.74, 6) is 2.11. The summed E-state index contributed by atoms with van der Waals surface area (Å²) in [5.41, 5.74) is 0. The van der Waals surface area contributed by atoms with Crippen LogP contribution in [0.3, 0.4) is 0 Å². The Morgan fingerprint density at radius 2 is 2.23 bits per heavy atom. The molecule has 0 saturated carbocycles. The lowest BCUT2D eigenvalue weighted by atomic mass is 10.3. The maximum Gasteiger partial charge on any atom is 0.108 e. The Balaban J connectivity index is 1.97. The number of H-pyrrole nitrogens is 1. The Morgan fingerprint density at radius 1 is 1.31 bits per heavy atom. The summed E-state index contributed by atoms with van der Waals surface area (Å²) in [5, 5.41) is 0. The Bertz CT molecular complexity index is 361. The molecular weight excluding hydrogens is 164 g/mol. The molecule has 0 aliphatic carbocycles. The van der Waals surface area contributed by atoms with Gasteiger partial charge in [0, 0.05) is 44.7 Å². The highest BCUT2D eigenvalue weighted by molar-refractivity contribution is 4.96. The second-order valence-corrected chi connectivity index (χ2v) is 2.99. The van der Waals surface area contributed by atoms with Gasteiger partial charge >= 0.3 is 0 Å². The monoisotopic (exact) mass is 176 g/mol. The van der Waals surface area contributed by atoms with Gasteiger partial charge in [-0.15, -0.1) is 0 Å². The summed E-state index contributed by atoms with van der Waals surface area (Å²) in [4.78, 5) is 11.5. The van der Waals surface area contributed by atoms with Crippen molar-refractivity contribution in [2.45, 2.75) is 12.8 Å². The molecule has 4 heteroatoms. The fourth-order valence-electron chi connectivity index (χ4n) is 1.30. The maximum absolute atomic E-state index is 4.24. The molecule has 2 aromatic rings. The molecule has 0 aliphatic rings. The third-order valence-electron chi connectivity index (χ3n) is 2.06. The molecule has 0 aromatic carbocycles. The van der Waals surface area contributed by atoms with Crippen molar-refractivity contribution in [3.63, 3.8) is 0 Å². The molecule has 0 spiro atoms. The number of hydrogen-bond donors (Lipinski definition) is 1. The Kier molecular flexibility index (Phi) is 2.12. The van der Waals surface area contributed by atoms with Crippen molar-refractivity contribution in [3.05, 3.63) is 36.4 Å². The van der Waals surface area contributed by atoms with E-state index < -0.39 is 0 Å². The van der Waals surface area contributed by atoms with Crippen LogP contribution in [0.5, 0.6) is 0 Å². The topological polar surface area (TPSA) is 46.5 Å². The number of aromatic amines is 1. The van der Waals surface area contributed by atoms with Crippen LogP contribution in [0, 0.1) is 0 Å². The molecule has 0 radical (unpaired) electrons. The van der Waals surface area contributed by atoms with Crippen LogP contribution in [0.1, 0.15) is 11.6 Å². The Labute approximate surface area is 76.7 Å². The van der Waals surface area contributed by atoms with Crippen LogP contribution in [0.4, 0.5) is 0 Å². The number of rotatable bonds is 3. The quantitative estimate of drug-likeness (QED) is 0.756. The van der Waals surface area contributed by atoms with Crippen LogP contribution in [-0.4, -0.2) is 19.5 Å². The van der Waals surface area contributed by atoms with E-state index in [0.29, 0.717) is 0 Å². The predicted octanol–water partition coefficient (Wildman–Crippen LogP) is 0.928. The summed E-state index contributed by atoms with van der Waals surface area (Å²) in [6.45, 7) is 0. The molecule has 68 valence electrons. The highest BCUT2D eigenvalue weighted by atomic mass is 15.0. The summed E-state index contributed by atoms with van der Waals surface area (Å²) >= 11 is 0. The number of nitrogens with one attached hydrogen (secondary N) is 1. The summed E-state index contributed by atoms with van der Waals surface area (Å²) < 4.78 is 2.03. The van der Waals surface area contributed by atoms with Gasteiger partial charge in [0.25, 0.3) is 0 Å². The number of aryl methyl sites for hydroxylation is 3. The summed E-state index contributed by atoms with van der Waals surface area (Å²) in [7, 11) is 2.00. The molecule has 0 unspecified atom stereocenters. The first-order valence-corrected chi connectivity index (χ1v) is 4.31. The van der Waals surface area contributed by atoms with Crippen molar-refractivity contribution in [2.75, 3.05) is 0 Å². The molecule has 2 heterocycles. The van der Waals surface area contributed by atoms with Crippen molar-refractivity contribution in [3.8, 4) is 0 Å². The van der Waals surface area contributed by atoms with E-state index in [1.54, 1.807) is 6.20 Å². The van der Waals surface area contributed by atoms with Gasteiger partial charge in [-0.25, -0.2) is 9.97 Å². The summed E-state index contributed by atoms with van der Waals surface area (Å²) in [6.07, 6.45) is 9.23. The first-order valence-electron chi connectivity index (χ1n) is 4.31.